The van der Waals surface area contributed by atoms with E-state index in [-0.39, 0.29) is 18.0 Å². The van der Waals surface area contributed by atoms with Crippen LogP contribution in [0.2, 0.25) is 0 Å². The van der Waals surface area contributed by atoms with Gasteiger partial charge in [-0.2, -0.15) is 0 Å². The van der Waals surface area contributed by atoms with Crippen molar-refractivity contribution >= 4 is 23.6 Å². The predicted molar refractivity (Wildman–Crippen MR) is 103 cm³/mol. The van der Waals surface area contributed by atoms with Crippen LogP contribution in [0.4, 0.5) is 5.69 Å². The fourth-order valence-electron chi connectivity index (χ4n) is 2.99. The topological polar surface area (TPSA) is 189 Å². The molecule has 0 bridgehead atoms. The first-order valence-corrected chi connectivity index (χ1v) is 9.21. The van der Waals surface area contributed by atoms with Crippen LogP contribution in [0, 0.1) is 10.1 Å². The first-order valence-electron chi connectivity index (χ1n) is 9.21. The Balaban J connectivity index is 2.44. The van der Waals surface area contributed by atoms with Gasteiger partial charge in [-0.3, -0.25) is 24.5 Å². The van der Waals surface area contributed by atoms with Crippen LogP contribution < -0.4 is 4.74 Å². The van der Waals surface area contributed by atoms with Crippen molar-refractivity contribution in [2.75, 3.05) is 6.54 Å². The number of carbonyl (C=O) groups excluding carboxylic acids is 3. The minimum atomic E-state index is -1.41. The summed E-state index contributed by atoms with van der Waals surface area (Å²) in [6, 6.07) is 4.94. The Morgan fingerprint density at radius 2 is 1.56 bits per heavy atom. The lowest BCUT2D eigenvalue weighted by atomic mass is 9.97. The molecule has 14 nitrogen and oxygen atoms in total. The summed E-state index contributed by atoms with van der Waals surface area (Å²) in [4.78, 5) is 48.0. The smallest absolute Gasteiger partial charge is 0.303 e. The molecule has 1 aromatic carbocycles. The average Bonchev–Trinajstić information content (AvgIpc) is 2.70. The lowest BCUT2D eigenvalue weighted by Crippen LogP contribution is -2.63. The molecule has 0 radical (unpaired) electrons. The van der Waals surface area contributed by atoms with Gasteiger partial charge in [0.05, 0.1) is 11.5 Å². The van der Waals surface area contributed by atoms with Crippen LogP contribution in [-0.2, 0) is 33.3 Å². The van der Waals surface area contributed by atoms with Crippen LogP contribution in [-0.4, -0.2) is 60.1 Å². The van der Waals surface area contributed by atoms with E-state index in [1.165, 1.54) is 24.3 Å². The Hall–Kier alpha value is -3.90. The van der Waals surface area contributed by atoms with Gasteiger partial charge in [0.2, 0.25) is 12.4 Å². The Bertz CT molecular complexity index is 915. The number of nitrogens with zero attached hydrogens (tertiary/aromatic N) is 4. The summed E-state index contributed by atoms with van der Waals surface area (Å²) < 4.78 is 27.2. The second-order valence-electron chi connectivity index (χ2n) is 6.55. The van der Waals surface area contributed by atoms with Gasteiger partial charge >= 0.3 is 17.9 Å². The number of hydrogen-bond donors (Lipinski definition) is 0. The molecule has 1 aromatic rings. The molecule has 1 fully saturated rings. The molecule has 172 valence electrons. The number of nitro groups is 1. The summed E-state index contributed by atoms with van der Waals surface area (Å²) in [5.74, 6) is -2.20. The SMILES string of the molecule is CC(=O)OC1C(CN=[N+]=[N-])OC(Oc2ccc([N+](=O)[O-])cc2)[C@@H](OC(C)=O)C1OC(C)=O. The van der Waals surface area contributed by atoms with Crippen molar-refractivity contribution in [2.24, 2.45) is 5.11 Å². The Morgan fingerprint density at radius 1 is 1.03 bits per heavy atom. The number of hydrogen-bond acceptors (Lipinski definition) is 11. The number of esters is 3. The van der Waals surface area contributed by atoms with E-state index in [1.54, 1.807) is 0 Å². The van der Waals surface area contributed by atoms with Crippen LogP contribution in [0.15, 0.2) is 29.4 Å². The highest BCUT2D eigenvalue weighted by Crippen LogP contribution is 2.31. The molecule has 0 saturated carbocycles. The number of nitro benzene ring substituents is 1. The Labute approximate surface area is 181 Å². The molecule has 1 aliphatic rings. The van der Waals surface area contributed by atoms with Gasteiger partial charge < -0.3 is 23.7 Å². The van der Waals surface area contributed by atoms with E-state index < -0.39 is 53.5 Å². The van der Waals surface area contributed by atoms with Crippen LogP contribution in [0.25, 0.3) is 10.4 Å². The number of carbonyl (C=O) groups is 3. The fraction of sp³-hybridized carbons (Fsp3) is 0.500. The third kappa shape index (κ3) is 6.55. The molecule has 4 unspecified atom stereocenters. The third-order valence-electron chi connectivity index (χ3n) is 4.12. The van der Waals surface area contributed by atoms with Gasteiger partial charge in [-0.1, -0.05) is 5.11 Å². The van der Waals surface area contributed by atoms with Crippen molar-refractivity contribution in [2.45, 2.75) is 51.5 Å². The molecular formula is C18H20N4O10. The zero-order valence-corrected chi connectivity index (χ0v) is 17.3. The van der Waals surface area contributed by atoms with Gasteiger partial charge in [0, 0.05) is 37.8 Å². The Kier molecular flexibility index (Phi) is 8.32. The average molecular weight is 452 g/mol. The summed E-state index contributed by atoms with van der Waals surface area (Å²) in [7, 11) is 0. The molecule has 1 heterocycles. The summed E-state index contributed by atoms with van der Waals surface area (Å²) in [6.07, 6.45) is -6.58. The molecule has 0 aliphatic carbocycles. The summed E-state index contributed by atoms with van der Waals surface area (Å²) in [5, 5.41) is 14.3. The largest absolute Gasteiger partial charge is 0.461 e. The van der Waals surface area contributed by atoms with Crippen molar-refractivity contribution in [1.29, 1.82) is 0 Å². The van der Waals surface area contributed by atoms with Gasteiger partial charge in [0.25, 0.3) is 5.69 Å². The maximum absolute atomic E-state index is 11.7. The highest BCUT2D eigenvalue weighted by Gasteiger charge is 2.52. The van der Waals surface area contributed by atoms with E-state index in [2.05, 4.69) is 10.0 Å². The molecule has 14 heteroatoms. The van der Waals surface area contributed by atoms with Gasteiger partial charge in [-0.05, 0) is 17.7 Å². The first kappa shape index (κ1) is 24.4. The molecule has 0 amide bonds. The van der Waals surface area contributed by atoms with Crippen LogP contribution >= 0.6 is 0 Å². The fourth-order valence-corrected chi connectivity index (χ4v) is 2.99. The predicted octanol–water partition coefficient (Wildman–Crippen LogP) is 1.80. The van der Waals surface area contributed by atoms with Crippen molar-refractivity contribution in [3.05, 3.63) is 44.8 Å². The third-order valence-corrected chi connectivity index (χ3v) is 4.12. The van der Waals surface area contributed by atoms with Gasteiger partial charge in [0.1, 0.15) is 11.9 Å². The van der Waals surface area contributed by atoms with Crippen molar-refractivity contribution in [3.8, 4) is 5.75 Å². The van der Waals surface area contributed by atoms with Gasteiger partial charge in [-0.25, -0.2) is 0 Å². The standard InChI is InChI=1S/C18H20N4O10/c1-9(23)28-15-14(8-20-21-19)32-18(17(30-11(3)25)16(15)29-10(2)24)31-13-6-4-12(5-7-13)22(26)27/h4-7,14-18H,8H2,1-3H3/t14?,15?,16?,17-,18?/m0/s1. The van der Waals surface area contributed by atoms with E-state index in [0.29, 0.717) is 0 Å². The molecule has 0 aromatic heterocycles. The van der Waals surface area contributed by atoms with E-state index in [4.69, 9.17) is 29.2 Å². The summed E-state index contributed by atoms with van der Waals surface area (Å²) in [6.45, 7) is 2.97. The normalized spacial score (nSPS) is 24.4. The van der Waals surface area contributed by atoms with E-state index in [0.717, 1.165) is 20.8 Å². The quantitative estimate of drug-likeness (QED) is 0.107. The van der Waals surface area contributed by atoms with Crippen molar-refractivity contribution < 1.29 is 43.0 Å². The molecule has 5 atom stereocenters. The minimum Gasteiger partial charge on any atom is -0.461 e. The molecular weight excluding hydrogens is 432 g/mol. The molecule has 1 saturated heterocycles. The molecule has 1 aliphatic heterocycles. The maximum Gasteiger partial charge on any atom is 0.303 e. The highest BCUT2D eigenvalue weighted by atomic mass is 16.7. The van der Waals surface area contributed by atoms with Gasteiger partial charge in [0.15, 0.2) is 12.2 Å². The van der Waals surface area contributed by atoms with Crippen molar-refractivity contribution in [3.63, 3.8) is 0 Å². The monoisotopic (exact) mass is 452 g/mol. The molecule has 0 spiro atoms. The van der Waals surface area contributed by atoms with Crippen LogP contribution in [0.1, 0.15) is 20.8 Å². The maximum atomic E-state index is 11.7. The zero-order valence-electron chi connectivity index (χ0n) is 17.3. The number of azide groups is 1. The van der Waals surface area contributed by atoms with E-state index in [9.17, 15) is 24.5 Å². The van der Waals surface area contributed by atoms with Crippen molar-refractivity contribution in [1.82, 2.24) is 0 Å². The van der Waals surface area contributed by atoms with E-state index in [1.807, 2.05) is 0 Å². The molecule has 32 heavy (non-hydrogen) atoms. The minimum absolute atomic E-state index is 0.104. The molecule has 2 rings (SSSR count). The van der Waals surface area contributed by atoms with Crippen LogP contribution in [0.3, 0.4) is 0 Å². The first-order chi connectivity index (χ1) is 15.1. The summed E-state index contributed by atoms with van der Waals surface area (Å²) in [5.41, 5.74) is 8.49. The second kappa shape index (κ2) is 10.9. The number of non-ortho nitro benzene ring substituents is 1. The lowest BCUT2D eigenvalue weighted by Gasteiger charge is -2.43. The Morgan fingerprint density at radius 3 is 2.06 bits per heavy atom. The van der Waals surface area contributed by atoms with Crippen LogP contribution in [0.5, 0.6) is 5.75 Å². The second-order valence-corrected chi connectivity index (χ2v) is 6.55. The zero-order chi connectivity index (χ0) is 23.8. The number of ether oxygens (including phenoxy) is 5. The molecule has 0 N–H and O–H groups in total. The number of rotatable bonds is 8. The number of benzene rings is 1. The highest BCUT2D eigenvalue weighted by molar-refractivity contribution is 5.68. The van der Waals surface area contributed by atoms with Gasteiger partial charge in [-0.15, -0.1) is 0 Å². The lowest BCUT2D eigenvalue weighted by molar-refractivity contribution is -0.384. The van der Waals surface area contributed by atoms with E-state index >= 15 is 0 Å². The summed E-state index contributed by atoms with van der Waals surface area (Å²) >= 11 is 0.